The molecule has 1 heterocycles. The molecule has 2 rings (SSSR count). The Morgan fingerprint density at radius 2 is 2.11 bits per heavy atom. The highest BCUT2D eigenvalue weighted by molar-refractivity contribution is 5.86. The van der Waals surface area contributed by atoms with Gasteiger partial charge < -0.3 is 15.0 Å². The highest BCUT2D eigenvalue weighted by Gasteiger charge is 2.09. The second-order valence-corrected chi connectivity index (χ2v) is 5.39. The molecule has 104 valence electrons. The first-order valence-corrected chi connectivity index (χ1v) is 7.06. The van der Waals surface area contributed by atoms with Crippen molar-refractivity contribution in [1.29, 1.82) is 0 Å². The van der Waals surface area contributed by atoms with E-state index in [-0.39, 0.29) is 0 Å². The summed E-state index contributed by atoms with van der Waals surface area (Å²) >= 11 is 0. The summed E-state index contributed by atoms with van der Waals surface area (Å²) in [5.41, 5.74) is 3.76. The molecular formula is C16H24N2O. The molecule has 2 aromatic rings. The summed E-state index contributed by atoms with van der Waals surface area (Å²) in [4.78, 5) is 3.44. The van der Waals surface area contributed by atoms with E-state index < -0.39 is 0 Å². The van der Waals surface area contributed by atoms with E-state index in [2.05, 4.69) is 43.2 Å². The first-order chi connectivity index (χ1) is 9.11. The summed E-state index contributed by atoms with van der Waals surface area (Å²) in [5.74, 6) is 1.61. The minimum absolute atomic E-state index is 0.671. The lowest BCUT2D eigenvalue weighted by Gasteiger charge is -2.08. The second kappa shape index (κ2) is 6.11. The molecule has 0 saturated heterocycles. The number of benzene rings is 1. The number of nitrogens with one attached hydrogen (secondary N) is 2. The zero-order valence-electron chi connectivity index (χ0n) is 12.3. The van der Waals surface area contributed by atoms with Crippen molar-refractivity contribution < 1.29 is 4.74 Å². The van der Waals surface area contributed by atoms with Crippen LogP contribution in [0.2, 0.25) is 0 Å². The Balaban J connectivity index is 2.25. The van der Waals surface area contributed by atoms with Gasteiger partial charge in [0.25, 0.3) is 0 Å². The lowest BCUT2D eigenvalue weighted by molar-refractivity contribution is 0.340. The fraction of sp³-hybridized carbons (Fsp3) is 0.500. The molecule has 3 heteroatoms. The number of aryl methyl sites for hydroxylation is 1. The molecule has 0 unspecified atom stereocenters. The lowest BCUT2D eigenvalue weighted by atomic mass is 10.1. The van der Waals surface area contributed by atoms with Crippen molar-refractivity contribution in [1.82, 2.24) is 10.3 Å². The molecule has 0 radical (unpaired) electrons. The van der Waals surface area contributed by atoms with Crippen LogP contribution in [0, 0.1) is 12.8 Å². The van der Waals surface area contributed by atoms with E-state index in [1.54, 1.807) is 0 Å². The molecule has 0 saturated carbocycles. The van der Waals surface area contributed by atoms with Gasteiger partial charge in [-0.15, -0.1) is 0 Å². The molecule has 3 nitrogen and oxygen atoms in total. The Morgan fingerprint density at radius 3 is 2.79 bits per heavy atom. The summed E-state index contributed by atoms with van der Waals surface area (Å²) in [6.45, 7) is 11.2. The van der Waals surface area contributed by atoms with E-state index in [0.717, 1.165) is 18.8 Å². The van der Waals surface area contributed by atoms with Crippen molar-refractivity contribution in [2.45, 2.75) is 34.2 Å². The summed E-state index contributed by atoms with van der Waals surface area (Å²) in [5, 5.41) is 4.77. The summed E-state index contributed by atoms with van der Waals surface area (Å²) in [6.07, 6.45) is 0. The van der Waals surface area contributed by atoms with Gasteiger partial charge in [-0.3, -0.25) is 0 Å². The van der Waals surface area contributed by atoms with E-state index in [1.165, 1.54) is 22.2 Å². The van der Waals surface area contributed by atoms with Crippen LogP contribution in [0.1, 0.15) is 32.0 Å². The van der Waals surface area contributed by atoms with Gasteiger partial charge in [0.1, 0.15) is 5.75 Å². The minimum atomic E-state index is 0.671. The zero-order chi connectivity index (χ0) is 13.8. The maximum absolute atomic E-state index is 5.59. The number of aromatic nitrogens is 1. The van der Waals surface area contributed by atoms with Crippen molar-refractivity contribution in [2.75, 3.05) is 13.2 Å². The highest BCUT2D eigenvalue weighted by Crippen LogP contribution is 2.26. The summed E-state index contributed by atoms with van der Waals surface area (Å²) < 4.78 is 5.59. The van der Waals surface area contributed by atoms with Crippen LogP contribution >= 0.6 is 0 Å². The number of rotatable bonds is 6. The van der Waals surface area contributed by atoms with Crippen molar-refractivity contribution in [3.05, 3.63) is 29.5 Å². The van der Waals surface area contributed by atoms with Gasteiger partial charge in [0.15, 0.2) is 0 Å². The Hall–Kier alpha value is -1.48. The predicted octanol–water partition coefficient (Wildman–Crippen LogP) is 3.62. The SMILES string of the molecule is CCOc1ccc2[nH]c(C)c(CNCC(C)C)c2c1. The molecule has 1 aromatic heterocycles. The number of ether oxygens (including phenoxy) is 1. The quantitative estimate of drug-likeness (QED) is 0.832. The molecule has 0 bridgehead atoms. The molecule has 1 aromatic carbocycles. The number of fused-ring (bicyclic) bond motifs is 1. The third-order valence-corrected chi connectivity index (χ3v) is 3.26. The third-order valence-electron chi connectivity index (χ3n) is 3.26. The van der Waals surface area contributed by atoms with Gasteiger partial charge in [-0.1, -0.05) is 13.8 Å². The number of H-pyrrole nitrogens is 1. The first-order valence-electron chi connectivity index (χ1n) is 7.06. The summed E-state index contributed by atoms with van der Waals surface area (Å²) in [6, 6.07) is 6.25. The van der Waals surface area contributed by atoms with Crippen LogP contribution < -0.4 is 10.1 Å². The van der Waals surface area contributed by atoms with Crippen molar-refractivity contribution in [3.63, 3.8) is 0 Å². The van der Waals surface area contributed by atoms with Crippen LogP contribution in [-0.4, -0.2) is 18.1 Å². The average Bonchev–Trinajstić information content (AvgIpc) is 2.66. The molecular weight excluding hydrogens is 236 g/mol. The number of aromatic amines is 1. The monoisotopic (exact) mass is 260 g/mol. The Bertz CT molecular complexity index is 543. The second-order valence-electron chi connectivity index (χ2n) is 5.39. The molecule has 0 fully saturated rings. The van der Waals surface area contributed by atoms with E-state index in [4.69, 9.17) is 4.74 Å². The number of hydrogen-bond donors (Lipinski definition) is 2. The van der Waals surface area contributed by atoms with Crippen LogP contribution in [0.15, 0.2) is 18.2 Å². The zero-order valence-corrected chi connectivity index (χ0v) is 12.3. The Kier molecular flexibility index (Phi) is 4.48. The fourth-order valence-electron chi connectivity index (χ4n) is 2.33. The predicted molar refractivity (Wildman–Crippen MR) is 80.7 cm³/mol. The molecule has 19 heavy (non-hydrogen) atoms. The Labute approximate surface area is 115 Å². The fourth-order valence-corrected chi connectivity index (χ4v) is 2.33. The standard InChI is InChI=1S/C16H24N2O/c1-5-19-13-6-7-16-14(8-13)15(12(4)18-16)10-17-9-11(2)3/h6-8,11,17-18H,5,9-10H2,1-4H3. The normalized spacial score (nSPS) is 11.4. The van der Waals surface area contributed by atoms with E-state index in [9.17, 15) is 0 Å². The molecule has 0 aliphatic rings. The van der Waals surface area contributed by atoms with Gasteiger partial charge in [-0.2, -0.15) is 0 Å². The molecule has 2 N–H and O–H groups in total. The molecule has 0 amide bonds. The van der Waals surface area contributed by atoms with E-state index >= 15 is 0 Å². The van der Waals surface area contributed by atoms with Crippen LogP contribution in [0.5, 0.6) is 5.75 Å². The van der Waals surface area contributed by atoms with Crippen LogP contribution in [0.25, 0.3) is 10.9 Å². The van der Waals surface area contributed by atoms with Crippen LogP contribution in [0.4, 0.5) is 0 Å². The van der Waals surface area contributed by atoms with Gasteiger partial charge in [0.05, 0.1) is 6.61 Å². The van der Waals surface area contributed by atoms with Crippen molar-refractivity contribution in [2.24, 2.45) is 5.92 Å². The highest BCUT2D eigenvalue weighted by atomic mass is 16.5. The lowest BCUT2D eigenvalue weighted by Crippen LogP contribution is -2.19. The number of hydrogen-bond acceptors (Lipinski definition) is 2. The van der Waals surface area contributed by atoms with E-state index in [1.807, 2.05) is 13.0 Å². The summed E-state index contributed by atoms with van der Waals surface area (Å²) in [7, 11) is 0. The minimum Gasteiger partial charge on any atom is -0.494 e. The maximum atomic E-state index is 5.59. The van der Waals surface area contributed by atoms with Crippen LogP contribution in [-0.2, 0) is 6.54 Å². The maximum Gasteiger partial charge on any atom is 0.120 e. The van der Waals surface area contributed by atoms with Crippen LogP contribution in [0.3, 0.4) is 0 Å². The molecule has 0 spiro atoms. The van der Waals surface area contributed by atoms with Gasteiger partial charge in [0, 0.05) is 23.1 Å². The van der Waals surface area contributed by atoms with E-state index in [0.29, 0.717) is 12.5 Å². The molecule has 0 aliphatic heterocycles. The Morgan fingerprint density at radius 1 is 1.32 bits per heavy atom. The van der Waals surface area contributed by atoms with Crippen molar-refractivity contribution in [3.8, 4) is 5.75 Å². The topological polar surface area (TPSA) is 37.0 Å². The van der Waals surface area contributed by atoms with Crippen molar-refractivity contribution >= 4 is 10.9 Å². The smallest absolute Gasteiger partial charge is 0.120 e. The van der Waals surface area contributed by atoms with Gasteiger partial charge in [-0.05, 0) is 50.1 Å². The van der Waals surface area contributed by atoms with Gasteiger partial charge >= 0.3 is 0 Å². The largest absolute Gasteiger partial charge is 0.494 e. The molecule has 0 atom stereocenters. The molecule has 0 aliphatic carbocycles. The first kappa shape index (κ1) is 13.9. The third kappa shape index (κ3) is 3.29. The average molecular weight is 260 g/mol. The van der Waals surface area contributed by atoms with Gasteiger partial charge in [-0.25, -0.2) is 0 Å². The van der Waals surface area contributed by atoms with Gasteiger partial charge in [0.2, 0.25) is 0 Å².